The Bertz CT molecular complexity index is 451. The predicted molar refractivity (Wildman–Crippen MR) is 74.2 cm³/mol. The van der Waals surface area contributed by atoms with Gasteiger partial charge in [0.15, 0.2) is 0 Å². The van der Waals surface area contributed by atoms with Gasteiger partial charge < -0.3 is 14.6 Å². The zero-order valence-electron chi connectivity index (χ0n) is 11.6. The average molecular weight is 264 g/mol. The number of carbonyl (C=O) groups is 1. The molecule has 4 heteroatoms. The third kappa shape index (κ3) is 5.14. The first-order valence-electron chi connectivity index (χ1n) is 6.26. The van der Waals surface area contributed by atoms with Gasteiger partial charge in [0.1, 0.15) is 5.75 Å². The van der Waals surface area contributed by atoms with Crippen LogP contribution in [0.2, 0.25) is 0 Å². The molecule has 0 aliphatic carbocycles. The van der Waals surface area contributed by atoms with Crippen molar-refractivity contribution in [1.29, 1.82) is 0 Å². The predicted octanol–water partition coefficient (Wildman–Crippen LogP) is 3.11. The summed E-state index contributed by atoms with van der Waals surface area (Å²) in [6.45, 7) is 4.50. The van der Waals surface area contributed by atoms with E-state index in [9.17, 15) is 4.79 Å². The molecule has 0 amide bonds. The normalized spacial score (nSPS) is 12.6. The van der Waals surface area contributed by atoms with E-state index in [4.69, 9.17) is 14.6 Å². The highest BCUT2D eigenvalue weighted by Gasteiger charge is 2.05. The van der Waals surface area contributed by atoms with Crippen LogP contribution in [0.4, 0.5) is 0 Å². The van der Waals surface area contributed by atoms with Crippen molar-refractivity contribution in [3.63, 3.8) is 0 Å². The van der Waals surface area contributed by atoms with Gasteiger partial charge in [-0.2, -0.15) is 0 Å². The SMILES string of the molecule is CCC(C)OCc1cc(OC)ccc1C=CC(=O)O. The molecule has 4 nitrogen and oxygen atoms in total. The van der Waals surface area contributed by atoms with E-state index >= 15 is 0 Å². The fraction of sp³-hybridized carbons (Fsp3) is 0.400. The molecule has 0 saturated carbocycles. The fourth-order valence-corrected chi connectivity index (χ4v) is 1.51. The summed E-state index contributed by atoms with van der Waals surface area (Å²) in [6.07, 6.45) is 3.79. The molecule has 1 aromatic rings. The number of aliphatic carboxylic acids is 1. The van der Waals surface area contributed by atoms with E-state index in [2.05, 4.69) is 6.92 Å². The molecule has 0 spiro atoms. The number of hydrogen-bond acceptors (Lipinski definition) is 3. The molecule has 1 atom stereocenters. The van der Waals surface area contributed by atoms with E-state index in [0.29, 0.717) is 6.61 Å². The number of methoxy groups -OCH3 is 1. The van der Waals surface area contributed by atoms with Crippen LogP contribution in [0.3, 0.4) is 0 Å². The Labute approximate surface area is 113 Å². The summed E-state index contributed by atoms with van der Waals surface area (Å²) in [5.41, 5.74) is 1.74. The lowest BCUT2D eigenvalue weighted by atomic mass is 10.1. The Kier molecular flexibility index (Phi) is 6.09. The highest BCUT2D eigenvalue weighted by atomic mass is 16.5. The van der Waals surface area contributed by atoms with Gasteiger partial charge in [-0.15, -0.1) is 0 Å². The summed E-state index contributed by atoms with van der Waals surface area (Å²) in [6, 6.07) is 5.49. The topological polar surface area (TPSA) is 55.8 Å². The van der Waals surface area contributed by atoms with Gasteiger partial charge in [-0.25, -0.2) is 4.79 Å². The van der Waals surface area contributed by atoms with Crippen molar-refractivity contribution in [3.8, 4) is 5.75 Å². The third-order valence-electron chi connectivity index (χ3n) is 2.85. The quantitative estimate of drug-likeness (QED) is 0.769. The Morgan fingerprint density at radius 1 is 1.47 bits per heavy atom. The van der Waals surface area contributed by atoms with Gasteiger partial charge >= 0.3 is 5.97 Å². The smallest absolute Gasteiger partial charge is 0.328 e. The summed E-state index contributed by atoms with van der Waals surface area (Å²) >= 11 is 0. The molecule has 0 fully saturated rings. The van der Waals surface area contributed by atoms with E-state index in [1.54, 1.807) is 19.3 Å². The van der Waals surface area contributed by atoms with Crippen molar-refractivity contribution in [3.05, 3.63) is 35.4 Å². The molecule has 1 aromatic carbocycles. The summed E-state index contributed by atoms with van der Waals surface area (Å²) in [5, 5.41) is 8.68. The Hall–Kier alpha value is -1.81. The van der Waals surface area contributed by atoms with Gasteiger partial charge in [-0.3, -0.25) is 0 Å². The molecule has 0 aliphatic heterocycles. The fourth-order valence-electron chi connectivity index (χ4n) is 1.51. The Balaban J connectivity index is 2.92. The van der Waals surface area contributed by atoms with Crippen molar-refractivity contribution >= 4 is 12.0 Å². The molecule has 1 unspecified atom stereocenters. The van der Waals surface area contributed by atoms with E-state index in [1.807, 2.05) is 19.1 Å². The zero-order chi connectivity index (χ0) is 14.3. The minimum absolute atomic E-state index is 0.169. The minimum atomic E-state index is -0.968. The first-order chi connectivity index (χ1) is 9.06. The Morgan fingerprint density at radius 3 is 2.79 bits per heavy atom. The van der Waals surface area contributed by atoms with Gasteiger partial charge in [0.05, 0.1) is 19.8 Å². The molecule has 0 heterocycles. The van der Waals surface area contributed by atoms with E-state index in [0.717, 1.165) is 29.4 Å². The van der Waals surface area contributed by atoms with Crippen molar-refractivity contribution < 1.29 is 19.4 Å². The van der Waals surface area contributed by atoms with Crippen LogP contribution in [-0.2, 0) is 16.1 Å². The first kappa shape index (κ1) is 15.2. The molecule has 0 aromatic heterocycles. The van der Waals surface area contributed by atoms with Gasteiger partial charge in [0.2, 0.25) is 0 Å². The second kappa shape index (κ2) is 7.59. The average Bonchev–Trinajstić information content (AvgIpc) is 2.42. The number of ether oxygens (including phenoxy) is 2. The van der Waals surface area contributed by atoms with Crippen LogP contribution in [0.25, 0.3) is 6.08 Å². The molecule has 19 heavy (non-hydrogen) atoms. The monoisotopic (exact) mass is 264 g/mol. The number of benzene rings is 1. The van der Waals surface area contributed by atoms with Crippen LogP contribution in [-0.4, -0.2) is 24.3 Å². The minimum Gasteiger partial charge on any atom is -0.497 e. The lowest BCUT2D eigenvalue weighted by molar-refractivity contribution is -0.131. The van der Waals surface area contributed by atoms with Crippen molar-refractivity contribution in [1.82, 2.24) is 0 Å². The van der Waals surface area contributed by atoms with Crippen LogP contribution >= 0.6 is 0 Å². The maximum absolute atomic E-state index is 10.6. The van der Waals surface area contributed by atoms with Crippen LogP contribution in [0, 0.1) is 0 Å². The van der Waals surface area contributed by atoms with Gasteiger partial charge in [-0.1, -0.05) is 13.0 Å². The number of carboxylic acid groups (broad SMARTS) is 1. The summed E-state index contributed by atoms with van der Waals surface area (Å²) in [5.74, 6) is -0.236. The molecular weight excluding hydrogens is 244 g/mol. The molecule has 104 valence electrons. The molecular formula is C15H20O4. The van der Waals surface area contributed by atoms with E-state index < -0.39 is 5.97 Å². The molecule has 1 rings (SSSR count). The number of hydrogen-bond donors (Lipinski definition) is 1. The molecule has 0 bridgehead atoms. The largest absolute Gasteiger partial charge is 0.497 e. The molecule has 0 radical (unpaired) electrons. The molecule has 0 aliphatic rings. The lowest BCUT2D eigenvalue weighted by Crippen LogP contribution is -2.07. The molecule has 1 N–H and O–H groups in total. The van der Waals surface area contributed by atoms with E-state index in [1.165, 1.54) is 0 Å². The van der Waals surface area contributed by atoms with Crippen LogP contribution in [0.15, 0.2) is 24.3 Å². The van der Waals surface area contributed by atoms with Gasteiger partial charge in [0.25, 0.3) is 0 Å². The standard InChI is InChI=1S/C15H20O4/c1-4-11(2)19-10-13-9-14(18-3)7-5-12(13)6-8-15(16)17/h5-9,11H,4,10H2,1-3H3,(H,16,17). The highest BCUT2D eigenvalue weighted by Crippen LogP contribution is 2.20. The first-order valence-corrected chi connectivity index (χ1v) is 6.26. The summed E-state index contributed by atoms with van der Waals surface area (Å²) < 4.78 is 10.9. The second-order valence-corrected chi connectivity index (χ2v) is 4.27. The zero-order valence-corrected chi connectivity index (χ0v) is 11.6. The molecule has 0 saturated heterocycles. The lowest BCUT2D eigenvalue weighted by Gasteiger charge is -2.13. The van der Waals surface area contributed by atoms with Crippen LogP contribution in [0.5, 0.6) is 5.75 Å². The van der Waals surface area contributed by atoms with Gasteiger partial charge in [0, 0.05) is 6.08 Å². The van der Waals surface area contributed by atoms with E-state index in [-0.39, 0.29) is 6.10 Å². The van der Waals surface area contributed by atoms with Crippen LogP contribution in [0.1, 0.15) is 31.4 Å². The third-order valence-corrected chi connectivity index (χ3v) is 2.85. The maximum atomic E-state index is 10.6. The van der Waals surface area contributed by atoms with Crippen molar-refractivity contribution in [2.75, 3.05) is 7.11 Å². The summed E-state index contributed by atoms with van der Waals surface area (Å²) in [7, 11) is 1.60. The van der Waals surface area contributed by atoms with Crippen molar-refractivity contribution in [2.45, 2.75) is 33.0 Å². The number of carboxylic acids is 1. The summed E-state index contributed by atoms with van der Waals surface area (Å²) in [4.78, 5) is 10.6. The van der Waals surface area contributed by atoms with Gasteiger partial charge in [-0.05, 0) is 42.7 Å². The van der Waals surface area contributed by atoms with Crippen LogP contribution < -0.4 is 4.74 Å². The maximum Gasteiger partial charge on any atom is 0.328 e. The number of rotatable bonds is 7. The highest BCUT2D eigenvalue weighted by molar-refractivity contribution is 5.85. The Morgan fingerprint density at radius 2 is 2.21 bits per heavy atom. The van der Waals surface area contributed by atoms with Crippen molar-refractivity contribution in [2.24, 2.45) is 0 Å². The second-order valence-electron chi connectivity index (χ2n) is 4.27.